The van der Waals surface area contributed by atoms with Crippen molar-refractivity contribution in [1.82, 2.24) is 0 Å². The van der Waals surface area contributed by atoms with Crippen LogP contribution in [0.3, 0.4) is 0 Å². The summed E-state index contributed by atoms with van der Waals surface area (Å²) in [5.41, 5.74) is 6.41. The fraction of sp³-hybridized carbons (Fsp3) is 0.571. The summed E-state index contributed by atoms with van der Waals surface area (Å²) in [5, 5.41) is 11.0. The number of benzene rings is 2. The average Bonchev–Trinajstić information content (AvgIpc) is 2.91. The second-order valence-corrected chi connectivity index (χ2v) is 11.1. The Balaban J connectivity index is 2.57. The lowest BCUT2D eigenvalue weighted by Crippen LogP contribution is -2.11. The van der Waals surface area contributed by atoms with Crippen molar-refractivity contribution >= 4 is 11.9 Å². The number of phenols is 1. The first-order valence-corrected chi connectivity index (χ1v) is 15.0. The summed E-state index contributed by atoms with van der Waals surface area (Å²) in [6.07, 6.45) is 14.8. The molecule has 0 fully saturated rings. The van der Waals surface area contributed by atoms with Crippen molar-refractivity contribution < 1.29 is 9.90 Å². The predicted octanol–water partition coefficient (Wildman–Crippen LogP) is 10.7. The molecule has 0 bridgehead atoms. The number of carbonyl (C=O) groups is 1. The third kappa shape index (κ3) is 8.59. The highest BCUT2D eigenvalue weighted by Gasteiger charge is 2.24. The van der Waals surface area contributed by atoms with Crippen molar-refractivity contribution in [3.05, 3.63) is 69.8 Å². The fourth-order valence-electron chi connectivity index (χ4n) is 5.48. The predicted molar refractivity (Wildman–Crippen MR) is 161 cm³/mol. The quantitative estimate of drug-likeness (QED) is 0.182. The van der Waals surface area contributed by atoms with Crippen LogP contribution in [0.15, 0.2) is 36.4 Å². The maximum absolute atomic E-state index is 14.0. The number of allylic oxidation sites excluding steroid dienone is 1. The van der Waals surface area contributed by atoms with Gasteiger partial charge in [0.05, 0.1) is 0 Å². The van der Waals surface area contributed by atoms with Crippen molar-refractivity contribution in [2.45, 2.75) is 130 Å². The minimum Gasteiger partial charge on any atom is -0.508 e. The first-order valence-electron chi connectivity index (χ1n) is 15.0. The van der Waals surface area contributed by atoms with Gasteiger partial charge in [0.15, 0.2) is 5.78 Å². The molecule has 204 valence electrons. The Bertz CT molecular complexity index is 1020. The number of aryl methyl sites for hydroxylation is 1. The van der Waals surface area contributed by atoms with E-state index < -0.39 is 0 Å². The second kappa shape index (κ2) is 15.8. The minimum absolute atomic E-state index is 0.0154. The van der Waals surface area contributed by atoms with Crippen LogP contribution in [-0.2, 0) is 6.42 Å². The molecule has 2 aromatic carbocycles. The van der Waals surface area contributed by atoms with Crippen molar-refractivity contribution in [3.8, 4) is 5.75 Å². The van der Waals surface area contributed by atoms with Crippen LogP contribution in [0, 0.1) is 0 Å². The van der Waals surface area contributed by atoms with E-state index in [0.717, 1.165) is 73.6 Å². The number of phenolic OH excluding ortho intramolecular Hbond substituents is 1. The molecule has 2 aromatic rings. The number of ketones is 1. The van der Waals surface area contributed by atoms with Gasteiger partial charge in [-0.25, -0.2) is 0 Å². The zero-order chi connectivity index (χ0) is 27.4. The summed E-state index contributed by atoms with van der Waals surface area (Å²) in [6.45, 7) is 15.5. The van der Waals surface area contributed by atoms with E-state index in [0.29, 0.717) is 5.92 Å². The van der Waals surface area contributed by atoms with E-state index in [4.69, 9.17) is 0 Å². The molecule has 0 radical (unpaired) electrons. The van der Waals surface area contributed by atoms with Crippen LogP contribution in [0.4, 0.5) is 0 Å². The van der Waals surface area contributed by atoms with E-state index in [1.54, 1.807) is 6.08 Å². The second-order valence-electron chi connectivity index (χ2n) is 11.1. The smallest absolute Gasteiger partial charge is 0.186 e. The topological polar surface area (TPSA) is 37.3 Å². The molecule has 3 unspecified atom stereocenters. The van der Waals surface area contributed by atoms with Gasteiger partial charge in [-0.15, -0.1) is 0 Å². The average molecular weight is 505 g/mol. The van der Waals surface area contributed by atoms with E-state index in [2.05, 4.69) is 66.7 Å². The number of rotatable bonds is 16. The fourth-order valence-corrected chi connectivity index (χ4v) is 5.48. The Morgan fingerprint density at radius 2 is 1.32 bits per heavy atom. The molecule has 0 amide bonds. The van der Waals surface area contributed by atoms with Gasteiger partial charge in [-0.2, -0.15) is 0 Å². The molecule has 37 heavy (non-hydrogen) atoms. The van der Waals surface area contributed by atoms with Crippen LogP contribution >= 0.6 is 0 Å². The number of aromatic hydroxyl groups is 1. The molecule has 0 aromatic heterocycles. The highest BCUT2D eigenvalue weighted by Crippen LogP contribution is 2.38. The van der Waals surface area contributed by atoms with Gasteiger partial charge in [-0.05, 0) is 77.8 Å². The number of carbonyl (C=O) groups excluding carboxylic acids is 1. The molecule has 0 aliphatic rings. The Hall–Kier alpha value is -2.35. The first kappa shape index (κ1) is 30.9. The van der Waals surface area contributed by atoms with E-state index in [9.17, 15) is 9.90 Å². The van der Waals surface area contributed by atoms with Gasteiger partial charge in [0.25, 0.3) is 0 Å². The van der Waals surface area contributed by atoms with Crippen LogP contribution in [0.1, 0.15) is 162 Å². The van der Waals surface area contributed by atoms with E-state index >= 15 is 0 Å². The maximum atomic E-state index is 14.0. The number of hydrogen-bond donors (Lipinski definition) is 1. The highest BCUT2D eigenvalue weighted by atomic mass is 16.3. The Kier molecular flexibility index (Phi) is 13.2. The van der Waals surface area contributed by atoms with Gasteiger partial charge in [0.2, 0.25) is 0 Å². The summed E-state index contributed by atoms with van der Waals surface area (Å²) in [7, 11) is 0. The molecule has 3 atom stereocenters. The first-order chi connectivity index (χ1) is 17.8. The normalized spacial score (nSPS) is 14.1. The molecule has 0 aliphatic heterocycles. The monoisotopic (exact) mass is 504 g/mol. The maximum Gasteiger partial charge on any atom is 0.186 e. The molecule has 0 aliphatic carbocycles. The third-order valence-electron chi connectivity index (χ3n) is 8.00. The third-order valence-corrected chi connectivity index (χ3v) is 8.00. The number of unbranched alkanes of at least 4 members (excludes halogenated alkanes) is 3. The highest BCUT2D eigenvalue weighted by molar-refractivity contribution is 6.09. The SMILES string of the molecule is CCCCC(C)c1ccc(CC)cc1/C=C\C(=O)c1c(C(C)CCCC)ccc(O)c1C(C)CCCC. The van der Waals surface area contributed by atoms with E-state index in [1.807, 2.05) is 18.2 Å². The van der Waals surface area contributed by atoms with Gasteiger partial charge in [0.1, 0.15) is 5.75 Å². The van der Waals surface area contributed by atoms with Gasteiger partial charge < -0.3 is 5.11 Å². The van der Waals surface area contributed by atoms with Gasteiger partial charge in [-0.3, -0.25) is 4.79 Å². The molecule has 2 heteroatoms. The molecule has 1 N–H and O–H groups in total. The summed E-state index contributed by atoms with van der Waals surface area (Å²) >= 11 is 0. The summed E-state index contributed by atoms with van der Waals surface area (Å²) in [6, 6.07) is 10.5. The largest absolute Gasteiger partial charge is 0.508 e. The number of hydrogen-bond acceptors (Lipinski definition) is 2. The zero-order valence-corrected chi connectivity index (χ0v) is 24.7. The summed E-state index contributed by atoms with van der Waals surface area (Å²) < 4.78 is 0. The Morgan fingerprint density at radius 3 is 1.89 bits per heavy atom. The molecule has 0 heterocycles. The van der Waals surface area contributed by atoms with Crippen molar-refractivity contribution in [1.29, 1.82) is 0 Å². The van der Waals surface area contributed by atoms with Crippen LogP contribution in [0.5, 0.6) is 5.75 Å². The Morgan fingerprint density at radius 1 is 0.784 bits per heavy atom. The minimum atomic E-state index is 0.0154. The van der Waals surface area contributed by atoms with Crippen LogP contribution in [-0.4, -0.2) is 10.9 Å². The van der Waals surface area contributed by atoms with Gasteiger partial charge >= 0.3 is 0 Å². The molecule has 2 nitrogen and oxygen atoms in total. The lowest BCUT2D eigenvalue weighted by Gasteiger charge is -2.23. The molecule has 0 spiro atoms. The lowest BCUT2D eigenvalue weighted by atomic mass is 9.81. The zero-order valence-electron chi connectivity index (χ0n) is 24.7. The van der Waals surface area contributed by atoms with Crippen LogP contribution < -0.4 is 0 Å². The van der Waals surface area contributed by atoms with Gasteiger partial charge in [-0.1, -0.05) is 117 Å². The van der Waals surface area contributed by atoms with E-state index in [1.165, 1.54) is 24.0 Å². The molecule has 0 saturated carbocycles. The molecule has 2 rings (SSSR count). The van der Waals surface area contributed by atoms with Crippen LogP contribution in [0.25, 0.3) is 6.08 Å². The Labute approximate surface area is 227 Å². The van der Waals surface area contributed by atoms with Crippen molar-refractivity contribution in [2.24, 2.45) is 0 Å². The van der Waals surface area contributed by atoms with E-state index in [-0.39, 0.29) is 23.4 Å². The van der Waals surface area contributed by atoms with Crippen molar-refractivity contribution in [3.63, 3.8) is 0 Å². The molecule has 0 saturated heterocycles. The summed E-state index contributed by atoms with van der Waals surface area (Å²) in [4.78, 5) is 14.0. The van der Waals surface area contributed by atoms with Crippen LogP contribution in [0.2, 0.25) is 0 Å². The standard InChI is InChI=1S/C35H52O2/c1-8-12-15-25(5)30-20-18-28(11-4)24-29(30)19-22-33(37)35-31(26(6)16-13-9-2)21-23-32(36)34(35)27(7)17-14-10-3/h18-27,36H,8-17H2,1-7H3/b22-19-. The molecular weight excluding hydrogens is 452 g/mol. The summed E-state index contributed by atoms with van der Waals surface area (Å²) in [5.74, 6) is 1.14. The van der Waals surface area contributed by atoms with Gasteiger partial charge in [0, 0.05) is 11.1 Å². The molecular formula is C35H52O2. The van der Waals surface area contributed by atoms with Crippen molar-refractivity contribution in [2.75, 3.05) is 0 Å². The lowest BCUT2D eigenvalue weighted by molar-refractivity contribution is 0.104.